The molecular weight excluding hydrogens is 322 g/mol. The minimum atomic E-state index is -3.69. The first-order chi connectivity index (χ1) is 9.22. The fourth-order valence-electron chi connectivity index (χ4n) is 2.93. The van der Waals surface area contributed by atoms with E-state index in [2.05, 4.69) is 0 Å². The van der Waals surface area contributed by atoms with E-state index in [1.54, 1.807) is 19.1 Å². The molecule has 2 saturated heterocycles. The molecule has 1 aromatic rings. The van der Waals surface area contributed by atoms with Gasteiger partial charge in [-0.2, -0.15) is 4.31 Å². The molecule has 2 fully saturated rings. The summed E-state index contributed by atoms with van der Waals surface area (Å²) in [5.74, 6) is -0.0729. The highest BCUT2D eigenvalue weighted by molar-refractivity contribution is 7.93. The second kappa shape index (κ2) is 4.43. The van der Waals surface area contributed by atoms with Crippen LogP contribution < -0.4 is 0 Å². The Morgan fingerprint density at radius 3 is 2.60 bits per heavy atom. The van der Waals surface area contributed by atoms with Gasteiger partial charge in [-0.15, -0.1) is 0 Å². The second-order valence-electron chi connectivity index (χ2n) is 5.33. The van der Waals surface area contributed by atoms with E-state index in [4.69, 9.17) is 11.6 Å². The van der Waals surface area contributed by atoms with Gasteiger partial charge in [-0.25, -0.2) is 16.8 Å². The number of sulfonamides is 1. The predicted octanol–water partition coefficient (Wildman–Crippen LogP) is 1.21. The molecule has 5 nitrogen and oxygen atoms in total. The molecule has 2 bridgehead atoms. The van der Waals surface area contributed by atoms with Crippen molar-refractivity contribution in [2.45, 2.75) is 29.5 Å². The molecule has 0 saturated carbocycles. The lowest BCUT2D eigenvalue weighted by Gasteiger charge is -2.26. The van der Waals surface area contributed by atoms with E-state index in [1.165, 1.54) is 10.4 Å². The Morgan fingerprint density at radius 1 is 1.35 bits per heavy atom. The molecule has 0 aliphatic carbocycles. The zero-order valence-corrected chi connectivity index (χ0v) is 13.2. The van der Waals surface area contributed by atoms with E-state index in [0.29, 0.717) is 17.0 Å². The van der Waals surface area contributed by atoms with Crippen LogP contribution in [0.3, 0.4) is 0 Å². The Bertz CT molecular complexity index is 773. The van der Waals surface area contributed by atoms with Gasteiger partial charge in [-0.3, -0.25) is 0 Å². The van der Waals surface area contributed by atoms with Crippen LogP contribution >= 0.6 is 11.6 Å². The third kappa shape index (κ3) is 2.07. The van der Waals surface area contributed by atoms with Crippen LogP contribution in [0.5, 0.6) is 0 Å². The third-order valence-electron chi connectivity index (χ3n) is 4.00. The van der Waals surface area contributed by atoms with Crippen LogP contribution in [-0.4, -0.2) is 44.7 Å². The Morgan fingerprint density at radius 2 is 2.05 bits per heavy atom. The summed E-state index contributed by atoms with van der Waals surface area (Å²) >= 11 is 5.88. The quantitative estimate of drug-likeness (QED) is 0.814. The van der Waals surface area contributed by atoms with Crippen molar-refractivity contribution >= 4 is 31.5 Å². The first-order valence-electron chi connectivity index (χ1n) is 6.21. The molecule has 2 aliphatic rings. The number of halogens is 1. The standard InChI is InChI=1S/C12H14ClNO4S2/c1-8-2-3-9(13)4-12(8)20(17,18)14-6-11-5-10(14)7-19(11,15)16/h2-4,10-11H,5-7H2,1H3. The second-order valence-corrected chi connectivity index (χ2v) is 9.95. The van der Waals surface area contributed by atoms with Crippen LogP contribution in [-0.2, 0) is 19.9 Å². The minimum absolute atomic E-state index is 0.0568. The molecule has 2 heterocycles. The van der Waals surface area contributed by atoms with Crippen LogP contribution in [0.2, 0.25) is 5.02 Å². The fraction of sp³-hybridized carbons (Fsp3) is 0.500. The molecule has 110 valence electrons. The predicted molar refractivity (Wildman–Crippen MR) is 76.1 cm³/mol. The van der Waals surface area contributed by atoms with Crippen molar-refractivity contribution in [3.05, 3.63) is 28.8 Å². The van der Waals surface area contributed by atoms with Gasteiger partial charge in [0.2, 0.25) is 10.0 Å². The van der Waals surface area contributed by atoms with Gasteiger partial charge >= 0.3 is 0 Å². The Balaban J connectivity index is 2.01. The summed E-state index contributed by atoms with van der Waals surface area (Å²) in [6, 6.07) is 4.28. The number of hydrogen-bond acceptors (Lipinski definition) is 4. The Hall–Kier alpha value is -0.630. The van der Waals surface area contributed by atoms with E-state index in [1.807, 2.05) is 0 Å². The van der Waals surface area contributed by atoms with Crippen LogP contribution in [0.1, 0.15) is 12.0 Å². The highest BCUT2D eigenvalue weighted by Crippen LogP contribution is 2.37. The van der Waals surface area contributed by atoms with E-state index in [0.717, 1.165) is 0 Å². The maximum absolute atomic E-state index is 12.7. The van der Waals surface area contributed by atoms with Gasteiger partial charge in [-0.05, 0) is 31.0 Å². The summed E-state index contributed by atoms with van der Waals surface area (Å²) in [4.78, 5) is 0.162. The monoisotopic (exact) mass is 335 g/mol. The molecule has 0 spiro atoms. The van der Waals surface area contributed by atoms with Crippen LogP contribution in [0.4, 0.5) is 0 Å². The zero-order valence-electron chi connectivity index (χ0n) is 10.8. The van der Waals surface area contributed by atoms with Crippen LogP contribution in [0.25, 0.3) is 0 Å². The van der Waals surface area contributed by atoms with Crippen molar-refractivity contribution in [1.29, 1.82) is 0 Å². The van der Waals surface area contributed by atoms with Gasteiger partial charge < -0.3 is 0 Å². The van der Waals surface area contributed by atoms with Crippen LogP contribution in [0, 0.1) is 6.92 Å². The molecule has 0 radical (unpaired) electrons. The first-order valence-corrected chi connectivity index (χ1v) is 9.75. The van der Waals surface area contributed by atoms with Gasteiger partial charge in [0.1, 0.15) is 0 Å². The summed E-state index contributed by atoms with van der Waals surface area (Å²) in [5.41, 5.74) is 0.611. The number of aryl methyl sites for hydroxylation is 1. The molecule has 0 N–H and O–H groups in total. The highest BCUT2D eigenvalue weighted by Gasteiger charge is 2.52. The highest BCUT2D eigenvalue weighted by atomic mass is 35.5. The Kier molecular flexibility index (Phi) is 3.17. The van der Waals surface area contributed by atoms with Crippen molar-refractivity contribution in [2.24, 2.45) is 0 Å². The summed E-state index contributed by atoms with van der Waals surface area (Å²) in [5, 5.41) is -0.201. The molecule has 8 heteroatoms. The van der Waals surface area contributed by atoms with Gasteiger partial charge in [0.25, 0.3) is 0 Å². The topological polar surface area (TPSA) is 71.5 Å². The Labute approximate surface area is 123 Å². The number of rotatable bonds is 2. The van der Waals surface area contributed by atoms with Gasteiger partial charge in [-0.1, -0.05) is 17.7 Å². The van der Waals surface area contributed by atoms with Gasteiger partial charge in [0.15, 0.2) is 9.84 Å². The maximum Gasteiger partial charge on any atom is 0.243 e. The van der Waals surface area contributed by atoms with Crippen molar-refractivity contribution in [1.82, 2.24) is 4.31 Å². The van der Waals surface area contributed by atoms with Gasteiger partial charge in [0, 0.05) is 17.6 Å². The number of hydrogen-bond donors (Lipinski definition) is 0. The normalized spacial score (nSPS) is 28.9. The van der Waals surface area contributed by atoms with Crippen molar-refractivity contribution in [2.75, 3.05) is 12.3 Å². The minimum Gasteiger partial charge on any atom is -0.228 e. The lowest BCUT2D eigenvalue weighted by molar-refractivity contribution is 0.402. The molecular formula is C12H14ClNO4S2. The number of sulfone groups is 1. The van der Waals surface area contributed by atoms with Crippen molar-refractivity contribution in [3.63, 3.8) is 0 Å². The molecule has 1 aromatic carbocycles. The number of benzene rings is 1. The number of nitrogens with zero attached hydrogens (tertiary/aromatic N) is 1. The average Bonchev–Trinajstić information content (AvgIpc) is 2.87. The maximum atomic E-state index is 12.7. The average molecular weight is 336 g/mol. The molecule has 3 rings (SSSR count). The lowest BCUT2D eigenvalue weighted by Crippen LogP contribution is -2.44. The molecule has 2 aliphatic heterocycles. The largest absolute Gasteiger partial charge is 0.243 e. The smallest absolute Gasteiger partial charge is 0.228 e. The zero-order chi connectivity index (χ0) is 14.7. The van der Waals surface area contributed by atoms with E-state index in [-0.39, 0.29) is 17.2 Å². The first kappa shape index (κ1) is 14.3. The molecule has 2 atom stereocenters. The third-order valence-corrected chi connectivity index (χ3v) is 8.50. The van der Waals surface area contributed by atoms with Gasteiger partial charge in [0.05, 0.1) is 15.9 Å². The fourth-order valence-corrected chi connectivity index (χ4v) is 7.32. The molecule has 0 aromatic heterocycles. The molecule has 2 unspecified atom stereocenters. The number of fused-ring (bicyclic) bond motifs is 2. The van der Waals surface area contributed by atoms with Crippen LogP contribution in [0.15, 0.2) is 23.1 Å². The molecule has 0 amide bonds. The summed E-state index contributed by atoms with van der Waals surface area (Å²) < 4.78 is 50.1. The van der Waals surface area contributed by atoms with Crippen molar-refractivity contribution < 1.29 is 16.8 Å². The summed E-state index contributed by atoms with van der Waals surface area (Å²) in [6.45, 7) is 1.76. The van der Waals surface area contributed by atoms with E-state index in [9.17, 15) is 16.8 Å². The summed E-state index contributed by atoms with van der Waals surface area (Å²) in [7, 11) is -6.80. The van der Waals surface area contributed by atoms with E-state index < -0.39 is 31.2 Å². The SMILES string of the molecule is Cc1ccc(Cl)cc1S(=O)(=O)N1CC2CC1CS2(=O)=O. The molecule has 20 heavy (non-hydrogen) atoms. The summed E-state index contributed by atoms with van der Waals surface area (Å²) in [6.07, 6.45) is 0.404. The van der Waals surface area contributed by atoms with Crippen molar-refractivity contribution in [3.8, 4) is 0 Å². The van der Waals surface area contributed by atoms with E-state index >= 15 is 0 Å². The lowest BCUT2D eigenvalue weighted by atomic mass is 10.2.